The van der Waals surface area contributed by atoms with E-state index in [1.807, 2.05) is 0 Å². The predicted molar refractivity (Wildman–Crippen MR) is 104 cm³/mol. The van der Waals surface area contributed by atoms with Gasteiger partial charge >= 0.3 is 0 Å². The van der Waals surface area contributed by atoms with Crippen molar-refractivity contribution in [1.29, 1.82) is 0 Å². The topological polar surface area (TPSA) is 161 Å². The molecule has 0 spiro atoms. The number of Topliss-reactive ketones (excluding diaryl/α,β-unsaturated/α-hetero) is 2. The molecule has 0 saturated heterocycles. The summed E-state index contributed by atoms with van der Waals surface area (Å²) >= 11 is 0. The second-order valence-electron chi connectivity index (χ2n) is 8.27. The predicted octanol–water partition coefficient (Wildman–Crippen LogP) is -0.0360. The van der Waals surface area contributed by atoms with Crippen LogP contribution in [0.5, 0.6) is 5.75 Å². The fourth-order valence-corrected chi connectivity index (χ4v) is 5.18. The molecule has 0 bridgehead atoms. The van der Waals surface area contributed by atoms with Crippen molar-refractivity contribution in [2.24, 2.45) is 17.6 Å². The van der Waals surface area contributed by atoms with Gasteiger partial charge in [-0.25, -0.2) is 0 Å². The van der Waals surface area contributed by atoms with Crippen LogP contribution in [0.15, 0.2) is 35.1 Å². The van der Waals surface area contributed by atoms with Gasteiger partial charge in [-0.15, -0.1) is 0 Å². The highest BCUT2D eigenvalue weighted by Gasteiger charge is 2.64. The van der Waals surface area contributed by atoms with Gasteiger partial charge in [-0.05, 0) is 44.5 Å². The summed E-state index contributed by atoms with van der Waals surface area (Å²) in [6, 6.07) is 3.62. The summed E-state index contributed by atoms with van der Waals surface area (Å²) in [6.45, 7) is 0. The van der Waals surface area contributed by atoms with Gasteiger partial charge in [0.1, 0.15) is 22.8 Å². The second-order valence-corrected chi connectivity index (χ2v) is 8.27. The normalized spacial score (nSPS) is 30.9. The Kier molecular flexibility index (Phi) is 4.30. The van der Waals surface area contributed by atoms with Crippen LogP contribution in [0, 0.1) is 11.8 Å². The number of phenols is 1. The Labute approximate surface area is 171 Å². The van der Waals surface area contributed by atoms with Crippen LogP contribution in [-0.2, 0) is 20.8 Å². The molecular formula is C21H22N2O7. The van der Waals surface area contributed by atoms with E-state index in [0.29, 0.717) is 12.0 Å². The molecule has 0 unspecified atom stereocenters. The highest BCUT2D eigenvalue weighted by Crippen LogP contribution is 2.52. The summed E-state index contributed by atoms with van der Waals surface area (Å²) < 4.78 is 0. The maximum atomic E-state index is 13.5. The van der Waals surface area contributed by atoms with Gasteiger partial charge in [-0.1, -0.05) is 12.1 Å². The Bertz CT molecular complexity index is 1070. The molecule has 6 N–H and O–H groups in total. The van der Waals surface area contributed by atoms with Gasteiger partial charge < -0.3 is 26.2 Å². The molecule has 0 heterocycles. The van der Waals surface area contributed by atoms with Crippen molar-refractivity contribution in [3.8, 4) is 5.75 Å². The number of rotatable bonds is 2. The van der Waals surface area contributed by atoms with Crippen molar-refractivity contribution in [2.45, 2.75) is 24.5 Å². The van der Waals surface area contributed by atoms with Crippen LogP contribution in [0.25, 0.3) is 5.76 Å². The van der Waals surface area contributed by atoms with Crippen molar-refractivity contribution < 1.29 is 34.8 Å². The average molecular weight is 414 g/mol. The third-order valence-electron chi connectivity index (χ3n) is 6.46. The molecule has 1 saturated carbocycles. The maximum Gasteiger partial charge on any atom is 0.255 e. The molecule has 4 atom stereocenters. The largest absolute Gasteiger partial charge is 0.508 e. The average Bonchev–Trinajstić information content (AvgIpc) is 2.64. The number of carbonyl (C=O) groups excluding carboxylic acids is 3. The molecule has 9 heteroatoms. The Hall–Kier alpha value is -3.17. The van der Waals surface area contributed by atoms with E-state index >= 15 is 0 Å². The number of primary amides is 1. The number of hydrogen-bond donors (Lipinski definition) is 5. The van der Waals surface area contributed by atoms with Crippen molar-refractivity contribution >= 4 is 23.2 Å². The number of amides is 1. The summed E-state index contributed by atoms with van der Waals surface area (Å²) in [7, 11) is 3.12. The fraction of sp³-hybridized carbons (Fsp3) is 0.381. The third kappa shape index (κ3) is 2.39. The van der Waals surface area contributed by atoms with Crippen molar-refractivity contribution in [2.75, 3.05) is 14.1 Å². The summed E-state index contributed by atoms with van der Waals surface area (Å²) in [6.07, 6.45) is 0.379. The molecule has 1 fully saturated rings. The number of hydrogen-bond acceptors (Lipinski definition) is 8. The number of benzene rings is 1. The van der Waals surface area contributed by atoms with E-state index in [9.17, 15) is 34.8 Å². The lowest BCUT2D eigenvalue weighted by Crippen LogP contribution is -2.65. The number of nitrogens with zero attached hydrogens (tertiary/aromatic N) is 1. The van der Waals surface area contributed by atoms with E-state index in [1.54, 1.807) is 26.2 Å². The number of ketones is 2. The van der Waals surface area contributed by atoms with Crippen LogP contribution in [0.1, 0.15) is 17.5 Å². The van der Waals surface area contributed by atoms with Crippen LogP contribution >= 0.6 is 0 Å². The van der Waals surface area contributed by atoms with E-state index < -0.39 is 58.0 Å². The lowest BCUT2D eigenvalue weighted by Gasteiger charge is -2.50. The minimum absolute atomic E-state index is 0.0847. The zero-order valence-corrected chi connectivity index (χ0v) is 16.4. The van der Waals surface area contributed by atoms with Crippen molar-refractivity contribution in [3.05, 3.63) is 46.2 Å². The molecule has 30 heavy (non-hydrogen) atoms. The first kappa shape index (κ1) is 20.1. The van der Waals surface area contributed by atoms with Crippen LogP contribution in [0.4, 0.5) is 0 Å². The van der Waals surface area contributed by atoms with E-state index in [0.717, 1.165) is 0 Å². The zero-order valence-electron chi connectivity index (χ0n) is 16.4. The third-order valence-corrected chi connectivity index (χ3v) is 6.46. The molecular weight excluding hydrogens is 392 g/mol. The van der Waals surface area contributed by atoms with Gasteiger partial charge in [-0.3, -0.25) is 19.3 Å². The Morgan fingerprint density at radius 2 is 1.87 bits per heavy atom. The molecule has 3 aliphatic rings. The summed E-state index contributed by atoms with van der Waals surface area (Å²) in [5.74, 6) is -6.43. The number of phenolic OH excluding ortho intramolecular Hbond substituents is 1. The van der Waals surface area contributed by atoms with E-state index in [1.165, 1.54) is 11.0 Å². The van der Waals surface area contributed by atoms with Crippen LogP contribution < -0.4 is 5.73 Å². The Morgan fingerprint density at radius 1 is 1.20 bits per heavy atom. The number of fused-ring (bicyclic) bond motifs is 3. The second kappa shape index (κ2) is 6.41. The molecule has 0 aromatic heterocycles. The first-order chi connectivity index (χ1) is 14.0. The fourth-order valence-electron chi connectivity index (χ4n) is 5.18. The van der Waals surface area contributed by atoms with E-state index in [2.05, 4.69) is 0 Å². The molecule has 9 nitrogen and oxygen atoms in total. The molecule has 158 valence electrons. The molecule has 1 amide bonds. The molecule has 1 aromatic rings. The monoisotopic (exact) mass is 414 g/mol. The van der Waals surface area contributed by atoms with Gasteiger partial charge in [0, 0.05) is 11.5 Å². The number of aliphatic hydroxyl groups is 3. The highest BCUT2D eigenvalue weighted by molar-refractivity contribution is 6.24. The zero-order chi connectivity index (χ0) is 22.1. The number of carbonyl (C=O) groups is 3. The number of aliphatic hydroxyl groups excluding tert-OH is 2. The van der Waals surface area contributed by atoms with Gasteiger partial charge in [0.15, 0.2) is 11.4 Å². The SMILES string of the molecule is CN(C)[C@H]1C(=O)C(C(N)=O)=C(O)[C@]2(O)C(=O)C3=C(O)c4c(O)cccc4C[C@H]3C[C@@H]12. The standard InChI is InChI=1S/C21H22N2O7/c1-23(2)15-10-7-9-6-8-4-3-5-11(24)12(8)16(25)13(9)18(27)21(10,30)19(28)14(17(15)26)20(22)29/h3-5,9-10,15,24-25,28,30H,6-7H2,1-2H3,(H2,22,29)/t9-,10-,15+,21+/m0/s1. The number of nitrogens with two attached hydrogens (primary N) is 1. The summed E-state index contributed by atoms with van der Waals surface area (Å²) in [4.78, 5) is 39.7. The minimum atomic E-state index is -2.60. The lowest BCUT2D eigenvalue weighted by atomic mass is 9.57. The maximum absolute atomic E-state index is 13.5. The highest BCUT2D eigenvalue weighted by atomic mass is 16.3. The Morgan fingerprint density at radius 3 is 2.47 bits per heavy atom. The number of likely N-dealkylation sites (N-methyl/N-ethyl adjacent to an activating group) is 1. The smallest absolute Gasteiger partial charge is 0.255 e. The van der Waals surface area contributed by atoms with Crippen LogP contribution in [0.2, 0.25) is 0 Å². The first-order valence-corrected chi connectivity index (χ1v) is 9.47. The minimum Gasteiger partial charge on any atom is -0.508 e. The molecule has 0 aliphatic heterocycles. The number of aromatic hydroxyl groups is 1. The van der Waals surface area contributed by atoms with Gasteiger partial charge in [0.05, 0.1) is 11.6 Å². The molecule has 4 rings (SSSR count). The van der Waals surface area contributed by atoms with Crippen molar-refractivity contribution in [3.63, 3.8) is 0 Å². The summed E-state index contributed by atoms with van der Waals surface area (Å²) in [5.41, 5.74) is 2.41. The summed E-state index contributed by atoms with van der Waals surface area (Å²) in [5, 5.41) is 43.1. The van der Waals surface area contributed by atoms with Gasteiger partial charge in [0.25, 0.3) is 5.91 Å². The first-order valence-electron chi connectivity index (χ1n) is 9.47. The van der Waals surface area contributed by atoms with Crippen LogP contribution in [-0.4, -0.2) is 68.5 Å². The molecule has 3 aliphatic carbocycles. The van der Waals surface area contributed by atoms with Gasteiger partial charge in [0.2, 0.25) is 5.78 Å². The Balaban J connectivity index is 1.98. The van der Waals surface area contributed by atoms with Gasteiger partial charge in [-0.2, -0.15) is 0 Å². The molecule has 1 aromatic carbocycles. The van der Waals surface area contributed by atoms with E-state index in [4.69, 9.17) is 5.73 Å². The van der Waals surface area contributed by atoms with Crippen LogP contribution in [0.3, 0.4) is 0 Å². The molecule has 0 radical (unpaired) electrons. The van der Waals surface area contributed by atoms with E-state index in [-0.39, 0.29) is 23.3 Å². The van der Waals surface area contributed by atoms with Crippen molar-refractivity contribution in [1.82, 2.24) is 4.90 Å². The lowest BCUT2D eigenvalue weighted by molar-refractivity contribution is -0.153. The quantitative estimate of drug-likeness (QED) is 0.421.